The van der Waals surface area contributed by atoms with E-state index in [2.05, 4.69) is 39.3 Å². The first-order valence-corrected chi connectivity index (χ1v) is 8.75. The zero-order valence-corrected chi connectivity index (χ0v) is 14.7. The van der Waals surface area contributed by atoms with Crippen LogP contribution in [0.25, 0.3) is 0 Å². The number of nitrogens with zero attached hydrogens (tertiary/aromatic N) is 4. The molecule has 26 heavy (non-hydrogen) atoms. The van der Waals surface area contributed by atoms with Gasteiger partial charge in [-0.3, -0.25) is 9.80 Å². The highest BCUT2D eigenvalue weighted by molar-refractivity contribution is 5.14. The van der Waals surface area contributed by atoms with Crippen molar-refractivity contribution in [3.63, 3.8) is 0 Å². The summed E-state index contributed by atoms with van der Waals surface area (Å²) in [7, 11) is 1.87. The van der Waals surface area contributed by atoms with Crippen LogP contribution in [0.15, 0.2) is 34.9 Å². The number of likely N-dealkylation sites (tertiary alicyclic amines) is 1. The van der Waals surface area contributed by atoms with Crippen LogP contribution in [0.4, 0.5) is 13.2 Å². The minimum Gasteiger partial charge on any atom is -0.338 e. The molecule has 142 valence electrons. The van der Waals surface area contributed by atoms with E-state index < -0.39 is 12.0 Å². The van der Waals surface area contributed by atoms with E-state index in [9.17, 15) is 13.2 Å². The molecule has 0 radical (unpaired) electrons. The fourth-order valence-electron chi connectivity index (χ4n) is 3.34. The summed E-state index contributed by atoms with van der Waals surface area (Å²) in [5, 5.41) is 2.99. The summed E-state index contributed by atoms with van der Waals surface area (Å²) in [5.74, 6) is -0.687. The van der Waals surface area contributed by atoms with Gasteiger partial charge in [-0.25, -0.2) is 0 Å². The van der Waals surface area contributed by atoms with E-state index in [4.69, 9.17) is 4.52 Å². The number of aromatic nitrogens is 2. The molecule has 8 heteroatoms. The zero-order chi connectivity index (χ0) is 18.6. The van der Waals surface area contributed by atoms with Crippen LogP contribution in [0.3, 0.4) is 0 Å². The molecule has 0 bridgehead atoms. The van der Waals surface area contributed by atoms with Crippen molar-refractivity contribution in [2.45, 2.75) is 32.1 Å². The molecule has 5 nitrogen and oxygen atoms in total. The van der Waals surface area contributed by atoms with Gasteiger partial charge in [0, 0.05) is 13.1 Å². The van der Waals surface area contributed by atoms with Crippen molar-refractivity contribution in [3.8, 4) is 0 Å². The van der Waals surface area contributed by atoms with Crippen LogP contribution < -0.4 is 0 Å². The maximum atomic E-state index is 12.5. The van der Waals surface area contributed by atoms with Crippen LogP contribution in [-0.2, 0) is 19.3 Å². The molecule has 0 spiro atoms. The van der Waals surface area contributed by atoms with E-state index in [1.807, 2.05) is 18.0 Å². The smallest absolute Gasteiger partial charge is 0.338 e. The highest BCUT2D eigenvalue weighted by Crippen LogP contribution is 2.26. The van der Waals surface area contributed by atoms with Gasteiger partial charge in [-0.15, -0.1) is 0 Å². The van der Waals surface area contributed by atoms with Crippen LogP contribution in [0.5, 0.6) is 0 Å². The predicted octanol–water partition coefficient (Wildman–Crippen LogP) is 3.43. The van der Waals surface area contributed by atoms with Crippen LogP contribution in [0.1, 0.15) is 30.1 Å². The molecular weight excluding hydrogens is 345 g/mol. The van der Waals surface area contributed by atoms with Crippen molar-refractivity contribution in [1.29, 1.82) is 0 Å². The molecule has 1 aliphatic rings. The van der Waals surface area contributed by atoms with E-state index in [1.54, 1.807) is 0 Å². The van der Waals surface area contributed by atoms with Gasteiger partial charge < -0.3 is 4.52 Å². The third kappa shape index (κ3) is 5.28. The van der Waals surface area contributed by atoms with Gasteiger partial charge in [0.1, 0.15) is 0 Å². The van der Waals surface area contributed by atoms with E-state index in [-0.39, 0.29) is 12.4 Å². The van der Waals surface area contributed by atoms with E-state index in [0.29, 0.717) is 5.92 Å². The molecule has 0 atom stereocenters. The lowest BCUT2D eigenvalue weighted by Gasteiger charge is -2.33. The minimum absolute atomic E-state index is 0.00124. The third-order valence-corrected chi connectivity index (χ3v) is 4.65. The summed E-state index contributed by atoms with van der Waals surface area (Å²) >= 11 is 0. The Bertz CT molecular complexity index is 681. The Balaban J connectivity index is 1.42. The van der Waals surface area contributed by atoms with Crippen LogP contribution in [0, 0.1) is 5.92 Å². The molecule has 0 N–H and O–H groups in total. The molecule has 1 aromatic carbocycles. The molecule has 3 rings (SSSR count). The van der Waals surface area contributed by atoms with Gasteiger partial charge >= 0.3 is 6.18 Å². The molecule has 1 fully saturated rings. The molecule has 1 aliphatic heterocycles. The number of hydrogen-bond donors (Lipinski definition) is 0. The van der Waals surface area contributed by atoms with Crippen molar-refractivity contribution in [1.82, 2.24) is 19.9 Å². The Morgan fingerprint density at radius 2 is 1.88 bits per heavy atom. The Morgan fingerprint density at radius 1 is 1.19 bits per heavy atom. The summed E-state index contributed by atoms with van der Waals surface area (Å²) in [4.78, 5) is 7.81. The van der Waals surface area contributed by atoms with Crippen LogP contribution in [-0.4, -0.2) is 46.6 Å². The van der Waals surface area contributed by atoms with Crippen molar-refractivity contribution in [3.05, 3.63) is 47.6 Å². The Morgan fingerprint density at radius 3 is 2.50 bits per heavy atom. The minimum atomic E-state index is -4.56. The number of halogens is 3. The average molecular weight is 368 g/mol. The zero-order valence-electron chi connectivity index (χ0n) is 14.7. The second-order valence-corrected chi connectivity index (χ2v) is 6.91. The molecule has 2 heterocycles. The van der Waals surface area contributed by atoms with Gasteiger partial charge in [0.15, 0.2) is 0 Å². The number of rotatable bonds is 6. The summed E-state index contributed by atoms with van der Waals surface area (Å²) in [6.07, 6.45) is -2.41. The molecule has 1 aromatic heterocycles. The molecular formula is C18H23F3N4O. The Hall–Kier alpha value is -1.93. The molecule has 1 saturated heterocycles. The SMILES string of the molecule is CN(Cc1nc(C(F)(F)F)no1)CC1CCN(Cc2ccccc2)CC1. The Kier molecular flexibility index (Phi) is 5.93. The summed E-state index contributed by atoms with van der Waals surface area (Å²) in [5.41, 5.74) is 1.32. The second kappa shape index (κ2) is 8.18. The largest absolute Gasteiger partial charge is 0.455 e. The van der Waals surface area contributed by atoms with Crippen molar-refractivity contribution in [2.24, 2.45) is 5.92 Å². The lowest BCUT2D eigenvalue weighted by Crippen LogP contribution is -2.37. The monoisotopic (exact) mass is 368 g/mol. The summed E-state index contributed by atoms with van der Waals surface area (Å²) in [6, 6.07) is 10.4. The maximum absolute atomic E-state index is 12.5. The molecule has 0 saturated carbocycles. The fourth-order valence-corrected chi connectivity index (χ4v) is 3.34. The molecule has 2 aromatic rings. The predicted molar refractivity (Wildman–Crippen MR) is 90.1 cm³/mol. The van der Waals surface area contributed by atoms with E-state index in [1.165, 1.54) is 5.56 Å². The normalized spacial score (nSPS) is 17.1. The van der Waals surface area contributed by atoms with Gasteiger partial charge in [-0.2, -0.15) is 18.2 Å². The van der Waals surface area contributed by atoms with Gasteiger partial charge in [-0.1, -0.05) is 35.5 Å². The molecule has 0 unspecified atom stereocenters. The number of hydrogen-bond acceptors (Lipinski definition) is 5. The molecule has 0 amide bonds. The first-order chi connectivity index (χ1) is 12.4. The maximum Gasteiger partial charge on any atom is 0.455 e. The Labute approximate surface area is 150 Å². The van der Waals surface area contributed by atoms with Crippen LogP contribution >= 0.6 is 0 Å². The summed E-state index contributed by atoms with van der Waals surface area (Å²) < 4.78 is 42.2. The second-order valence-electron chi connectivity index (χ2n) is 6.91. The lowest BCUT2D eigenvalue weighted by molar-refractivity contribution is -0.146. The van der Waals surface area contributed by atoms with Crippen molar-refractivity contribution < 1.29 is 17.7 Å². The van der Waals surface area contributed by atoms with Crippen molar-refractivity contribution in [2.75, 3.05) is 26.7 Å². The standard InChI is InChI=1S/C18H23F3N4O/c1-24(13-16-22-17(23-26-16)18(19,20)21)11-15-7-9-25(10-8-15)12-14-5-3-2-4-6-14/h2-6,15H,7-13H2,1H3. The highest BCUT2D eigenvalue weighted by atomic mass is 19.4. The van der Waals surface area contributed by atoms with E-state index >= 15 is 0 Å². The van der Waals surface area contributed by atoms with Crippen molar-refractivity contribution >= 4 is 0 Å². The molecule has 0 aliphatic carbocycles. The highest BCUT2D eigenvalue weighted by Gasteiger charge is 2.37. The third-order valence-electron chi connectivity index (χ3n) is 4.65. The first-order valence-electron chi connectivity index (χ1n) is 8.75. The fraction of sp³-hybridized carbons (Fsp3) is 0.556. The average Bonchev–Trinajstić information content (AvgIpc) is 3.06. The number of alkyl halides is 3. The summed E-state index contributed by atoms with van der Waals surface area (Å²) in [6.45, 7) is 4.07. The number of piperidine rings is 1. The van der Waals surface area contributed by atoms with E-state index in [0.717, 1.165) is 39.0 Å². The number of benzene rings is 1. The van der Waals surface area contributed by atoms with Crippen LogP contribution in [0.2, 0.25) is 0 Å². The quantitative estimate of drug-likeness (QED) is 0.782. The van der Waals surface area contributed by atoms with Gasteiger partial charge in [0.2, 0.25) is 5.89 Å². The lowest BCUT2D eigenvalue weighted by atomic mass is 9.96. The van der Waals surface area contributed by atoms with Gasteiger partial charge in [-0.05, 0) is 44.5 Å². The van der Waals surface area contributed by atoms with Gasteiger partial charge in [0.05, 0.1) is 6.54 Å². The first kappa shape index (κ1) is 18.8. The van der Waals surface area contributed by atoms with Gasteiger partial charge in [0.25, 0.3) is 5.82 Å². The topological polar surface area (TPSA) is 45.4 Å².